The summed E-state index contributed by atoms with van der Waals surface area (Å²) in [5, 5.41) is 1.27. The van der Waals surface area contributed by atoms with Crippen LogP contribution in [0.25, 0.3) is 10.9 Å². The Kier molecular flexibility index (Phi) is 3.72. The predicted octanol–water partition coefficient (Wildman–Crippen LogP) is 3.28. The molecule has 0 radical (unpaired) electrons. The van der Waals surface area contributed by atoms with Crippen LogP contribution in [0.15, 0.2) is 49.2 Å². The molecule has 4 heteroatoms. The number of nitrogens with one attached hydrogen (secondary N) is 1. The van der Waals surface area contributed by atoms with Crippen molar-refractivity contribution in [1.82, 2.24) is 14.5 Å². The lowest BCUT2D eigenvalue weighted by molar-refractivity contribution is 0.627. The fourth-order valence-corrected chi connectivity index (χ4v) is 2.57. The number of anilines is 1. The lowest BCUT2D eigenvalue weighted by Crippen LogP contribution is -2.24. The molecule has 0 bridgehead atoms. The van der Waals surface area contributed by atoms with Gasteiger partial charge in [0.05, 0.1) is 6.33 Å². The maximum absolute atomic E-state index is 4.07. The number of fused-ring (bicyclic) bond motifs is 1. The first-order valence-electron chi connectivity index (χ1n) is 7.14. The van der Waals surface area contributed by atoms with Gasteiger partial charge in [-0.05, 0) is 37.6 Å². The van der Waals surface area contributed by atoms with Gasteiger partial charge in [0.25, 0.3) is 0 Å². The Morgan fingerprint density at radius 1 is 1.30 bits per heavy atom. The predicted molar refractivity (Wildman–Crippen MR) is 83.0 cm³/mol. The molecule has 0 fully saturated rings. The Morgan fingerprint density at radius 2 is 2.25 bits per heavy atom. The van der Waals surface area contributed by atoms with Crippen LogP contribution in [0.2, 0.25) is 0 Å². The Balaban J connectivity index is 1.65. The maximum atomic E-state index is 4.07. The molecule has 4 nitrogen and oxygen atoms in total. The van der Waals surface area contributed by atoms with Crippen molar-refractivity contribution in [2.24, 2.45) is 0 Å². The van der Waals surface area contributed by atoms with Crippen LogP contribution in [0.4, 0.5) is 5.69 Å². The van der Waals surface area contributed by atoms with Gasteiger partial charge in [-0.15, -0.1) is 0 Å². The highest BCUT2D eigenvalue weighted by molar-refractivity contribution is 5.83. The molecule has 1 aromatic carbocycles. The summed E-state index contributed by atoms with van der Waals surface area (Å²) in [6, 6.07) is 8.73. The van der Waals surface area contributed by atoms with Crippen LogP contribution in [-0.4, -0.2) is 27.6 Å². The molecule has 0 aliphatic rings. The summed E-state index contributed by atoms with van der Waals surface area (Å²) in [5.74, 6) is 0. The second-order valence-corrected chi connectivity index (χ2v) is 4.98. The third kappa shape index (κ3) is 2.69. The van der Waals surface area contributed by atoms with E-state index in [-0.39, 0.29) is 0 Å². The number of rotatable bonds is 6. The summed E-state index contributed by atoms with van der Waals surface area (Å²) in [4.78, 5) is 9.73. The van der Waals surface area contributed by atoms with Crippen LogP contribution in [0.1, 0.15) is 13.3 Å². The van der Waals surface area contributed by atoms with Gasteiger partial charge in [-0.3, -0.25) is 0 Å². The van der Waals surface area contributed by atoms with Gasteiger partial charge in [0.1, 0.15) is 0 Å². The lowest BCUT2D eigenvalue weighted by Gasteiger charge is -2.23. The highest BCUT2D eigenvalue weighted by atomic mass is 15.1. The number of aryl methyl sites for hydroxylation is 1. The molecule has 2 aromatic heterocycles. The topological polar surface area (TPSA) is 36.9 Å². The fourth-order valence-electron chi connectivity index (χ4n) is 2.57. The number of hydrogen-bond acceptors (Lipinski definition) is 2. The average Bonchev–Trinajstić information content (AvgIpc) is 3.13. The molecule has 0 unspecified atom stereocenters. The van der Waals surface area contributed by atoms with E-state index in [0.717, 1.165) is 26.1 Å². The highest BCUT2D eigenvalue weighted by Gasteiger charge is 2.05. The second-order valence-electron chi connectivity index (χ2n) is 4.98. The molecular formula is C16H20N4. The zero-order valence-corrected chi connectivity index (χ0v) is 11.8. The highest BCUT2D eigenvalue weighted by Crippen LogP contribution is 2.21. The van der Waals surface area contributed by atoms with Gasteiger partial charge in [-0.25, -0.2) is 4.98 Å². The van der Waals surface area contributed by atoms with Gasteiger partial charge < -0.3 is 14.5 Å². The third-order valence-corrected chi connectivity index (χ3v) is 3.69. The molecule has 0 saturated heterocycles. The second kappa shape index (κ2) is 5.82. The van der Waals surface area contributed by atoms with Crippen molar-refractivity contribution in [2.75, 3.05) is 18.0 Å². The molecule has 0 aliphatic carbocycles. The van der Waals surface area contributed by atoms with Gasteiger partial charge in [-0.1, -0.05) is 0 Å². The van der Waals surface area contributed by atoms with Crippen molar-refractivity contribution in [1.29, 1.82) is 0 Å². The van der Waals surface area contributed by atoms with Crippen LogP contribution in [0.5, 0.6) is 0 Å². The minimum atomic E-state index is 1.02. The van der Waals surface area contributed by atoms with Crippen molar-refractivity contribution >= 4 is 16.6 Å². The lowest BCUT2D eigenvalue weighted by atomic mass is 10.2. The molecule has 0 amide bonds. The summed E-state index contributed by atoms with van der Waals surface area (Å²) in [6.45, 7) is 5.31. The minimum absolute atomic E-state index is 1.02. The van der Waals surface area contributed by atoms with Crippen molar-refractivity contribution in [3.05, 3.63) is 49.2 Å². The van der Waals surface area contributed by atoms with E-state index < -0.39 is 0 Å². The number of aromatic nitrogens is 3. The zero-order valence-electron chi connectivity index (χ0n) is 11.8. The van der Waals surface area contributed by atoms with E-state index in [0.29, 0.717) is 0 Å². The molecule has 3 aromatic rings. The van der Waals surface area contributed by atoms with Crippen LogP contribution in [-0.2, 0) is 6.54 Å². The summed E-state index contributed by atoms with van der Waals surface area (Å²) in [5.41, 5.74) is 2.49. The maximum Gasteiger partial charge on any atom is 0.0945 e. The monoisotopic (exact) mass is 268 g/mol. The number of benzene rings is 1. The van der Waals surface area contributed by atoms with Crippen molar-refractivity contribution in [2.45, 2.75) is 19.9 Å². The van der Waals surface area contributed by atoms with Crippen molar-refractivity contribution in [3.63, 3.8) is 0 Å². The summed E-state index contributed by atoms with van der Waals surface area (Å²) < 4.78 is 2.13. The van der Waals surface area contributed by atoms with Crippen LogP contribution in [0.3, 0.4) is 0 Å². The largest absolute Gasteiger partial charge is 0.372 e. The first-order chi connectivity index (χ1) is 9.86. The third-order valence-electron chi connectivity index (χ3n) is 3.69. The number of imidazole rings is 1. The van der Waals surface area contributed by atoms with Crippen molar-refractivity contribution in [3.8, 4) is 0 Å². The molecule has 0 spiro atoms. The minimum Gasteiger partial charge on any atom is -0.372 e. The Labute approximate surface area is 119 Å². The van der Waals surface area contributed by atoms with E-state index in [2.05, 4.69) is 50.6 Å². The molecule has 104 valence electrons. The first-order valence-corrected chi connectivity index (χ1v) is 7.14. The number of H-pyrrole nitrogens is 1. The summed E-state index contributed by atoms with van der Waals surface area (Å²) in [6.07, 6.45) is 8.83. The van der Waals surface area contributed by atoms with Gasteiger partial charge in [-0.2, -0.15) is 0 Å². The standard InChI is InChI=1S/C16H20N4/c1-2-20(10-3-9-19-11-8-17-13-19)15-4-5-16-14(12-15)6-7-18-16/h4-8,11-13,18H,2-3,9-10H2,1H3. The quantitative estimate of drug-likeness (QED) is 0.745. The van der Waals surface area contributed by atoms with E-state index in [1.165, 1.54) is 16.6 Å². The van der Waals surface area contributed by atoms with Gasteiger partial charge in [0.2, 0.25) is 0 Å². The van der Waals surface area contributed by atoms with E-state index in [9.17, 15) is 0 Å². The molecular weight excluding hydrogens is 248 g/mol. The van der Waals surface area contributed by atoms with E-state index in [4.69, 9.17) is 0 Å². The van der Waals surface area contributed by atoms with Crippen LogP contribution >= 0.6 is 0 Å². The molecule has 0 atom stereocenters. The van der Waals surface area contributed by atoms with E-state index in [1.54, 1.807) is 0 Å². The Morgan fingerprint density at radius 3 is 3.05 bits per heavy atom. The average molecular weight is 268 g/mol. The van der Waals surface area contributed by atoms with Crippen molar-refractivity contribution < 1.29 is 0 Å². The van der Waals surface area contributed by atoms with Gasteiger partial charge in [0.15, 0.2) is 0 Å². The molecule has 20 heavy (non-hydrogen) atoms. The Hall–Kier alpha value is -2.23. The molecule has 1 N–H and O–H groups in total. The first kappa shape index (κ1) is 12.8. The fraction of sp³-hybridized carbons (Fsp3) is 0.312. The molecule has 0 aliphatic heterocycles. The van der Waals surface area contributed by atoms with Crippen LogP contribution < -0.4 is 4.90 Å². The number of aromatic amines is 1. The smallest absolute Gasteiger partial charge is 0.0945 e. The zero-order chi connectivity index (χ0) is 13.8. The molecule has 3 rings (SSSR count). The summed E-state index contributed by atoms with van der Waals surface area (Å²) >= 11 is 0. The summed E-state index contributed by atoms with van der Waals surface area (Å²) in [7, 11) is 0. The normalized spacial score (nSPS) is 11.1. The number of nitrogens with zero attached hydrogens (tertiary/aromatic N) is 3. The van der Waals surface area contributed by atoms with Gasteiger partial charge in [0, 0.05) is 54.8 Å². The SMILES string of the molecule is CCN(CCCn1ccnc1)c1ccc2[nH]ccc2c1. The Bertz CT molecular complexity index is 654. The van der Waals surface area contributed by atoms with Gasteiger partial charge >= 0.3 is 0 Å². The molecule has 0 saturated carbocycles. The van der Waals surface area contributed by atoms with E-state index in [1.807, 2.05) is 24.9 Å². The van der Waals surface area contributed by atoms with Crippen LogP contribution in [0, 0.1) is 0 Å². The van der Waals surface area contributed by atoms with E-state index >= 15 is 0 Å². The number of hydrogen-bond donors (Lipinski definition) is 1. The molecule has 2 heterocycles.